The summed E-state index contributed by atoms with van der Waals surface area (Å²) >= 11 is 1.89. The maximum atomic E-state index is 6.06. The monoisotopic (exact) mass is 272 g/mol. The first-order valence-electron chi connectivity index (χ1n) is 6.93. The Morgan fingerprint density at radius 1 is 1.26 bits per heavy atom. The molecule has 3 heteroatoms. The number of fused-ring (bicyclic) bond motifs is 1. The molecule has 3 rings (SSSR count). The largest absolute Gasteiger partial charge is 0.367 e. The van der Waals surface area contributed by atoms with Gasteiger partial charge in [-0.15, -0.1) is 11.3 Å². The molecule has 2 nitrogen and oxygen atoms in total. The highest BCUT2D eigenvalue weighted by molar-refractivity contribution is 7.10. The maximum absolute atomic E-state index is 6.06. The Morgan fingerprint density at radius 3 is 2.79 bits per heavy atom. The zero-order valence-electron chi connectivity index (χ0n) is 11.3. The lowest BCUT2D eigenvalue weighted by atomic mass is 10.0. The Kier molecular flexibility index (Phi) is 3.58. The van der Waals surface area contributed by atoms with E-state index in [0.717, 1.165) is 19.5 Å². The van der Waals surface area contributed by atoms with E-state index in [1.165, 1.54) is 23.2 Å². The van der Waals surface area contributed by atoms with E-state index in [0.29, 0.717) is 0 Å². The molecule has 1 aromatic carbocycles. The quantitative estimate of drug-likeness (QED) is 0.922. The summed E-state index contributed by atoms with van der Waals surface area (Å²) in [5.41, 5.74) is 10.1. The van der Waals surface area contributed by atoms with Gasteiger partial charge in [-0.25, -0.2) is 0 Å². The molecule has 1 aromatic heterocycles. The zero-order valence-corrected chi connectivity index (χ0v) is 12.1. The van der Waals surface area contributed by atoms with Gasteiger partial charge in [0.25, 0.3) is 0 Å². The molecule has 0 spiro atoms. The first-order chi connectivity index (χ1) is 9.28. The van der Waals surface area contributed by atoms with Crippen LogP contribution in [0.25, 0.3) is 0 Å². The fourth-order valence-electron chi connectivity index (χ4n) is 2.64. The molecule has 2 heterocycles. The van der Waals surface area contributed by atoms with Gasteiger partial charge in [-0.05, 0) is 47.5 Å². The van der Waals surface area contributed by atoms with Crippen molar-refractivity contribution in [3.63, 3.8) is 0 Å². The topological polar surface area (TPSA) is 29.3 Å². The SMILES string of the molecule is CC[C@H](N)c1ccc(N2CCc3sccc3C2)cc1. The number of hydrogen-bond acceptors (Lipinski definition) is 3. The van der Waals surface area contributed by atoms with Crippen molar-refractivity contribution >= 4 is 17.0 Å². The van der Waals surface area contributed by atoms with Gasteiger partial charge in [0.05, 0.1) is 0 Å². The van der Waals surface area contributed by atoms with Gasteiger partial charge in [0.2, 0.25) is 0 Å². The summed E-state index contributed by atoms with van der Waals surface area (Å²) in [6.45, 7) is 4.28. The Balaban J connectivity index is 1.77. The Labute approximate surface area is 118 Å². The lowest BCUT2D eigenvalue weighted by molar-refractivity contribution is 0.697. The molecule has 0 amide bonds. The van der Waals surface area contributed by atoms with E-state index in [2.05, 4.69) is 47.5 Å². The number of benzene rings is 1. The molecule has 1 aliphatic heterocycles. The van der Waals surface area contributed by atoms with Crippen LogP contribution in [0.5, 0.6) is 0 Å². The Bertz CT molecular complexity index is 544. The van der Waals surface area contributed by atoms with Crippen molar-refractivity contribution < 1.29 is 0 Å². The van der Waals surface area contributed by atoms with Crippen molar-refractivity contribution in [3.8, 4) is 0 Å². The van der Waals surface area contributed by atoms with Crippen LogP contribution >= 0.6 is 11.3 Å². The molecule has 0 saturated carbocycles. The third-order valence-electron chi connectivity index (χ3n) is 3.93. The fraction of sp³-hybridized carbons (Fsp3) is 0.375. The molecule has 0 saturated heterocycles. The lowest BCUT2D eigenvalue weighted by Crippen LogP contribution is -2.29. The van der Waals surface area contributed by atoms with Crippen molar-refractivity contribution in [3.05, 3.63) is 51.7 Å². The molecule has 0 fully saturated rings. The third-order valence-corrected chi connectivity index (χ3v) is 4.96. The van der Waals surface area contributed by atoms with Crippen LogP contribution in [0.1, 0.15) is 35.4 Å². The van der Waals surface area contributed by atoms with E-state index in [-0.39, 0.29) is 6.04 Å². The smallest absolute Gasteiger partial charge is 0.0440 e. The van der Waals surface area contributed by atoms with Crippen molar-refractivity contribution in [1.29, 1.82) is 0 Å². The van der Waals surface area contributed by atoms with E-state index in [4.69, 9.17) is 5.73 Å². The molecule has 100 valence electrons. The van der Waals surface area contributed by atoms with E-state index in [1.54, 1.807) is 4.88 Å². The summed E-state index contributed by atoms with van der Waals surface area (Å²) < 4.78 is 0. The highest BCUT2D eigenvalue weighted by Crippen LogP contribution is 2.28. The van der Waals surface area contributed by atoms with Gasteiger partial charge in [0, 0.05) is 29.7 Å². The van der Waals surface area contributed by atoms with Gasteiger partial charge in [0.1, 0.15) is 0 Å². The average Bonchev–Trinajstić information content (AvgIpc) is 2.94. The van der Waals surface area contributed by atoms with Crippen LogP contribution in [-0.4, -0.2) is 6.54 Å². The number of anilines is 1. The second-order valence-electron chi connectivity index (χ2n) is 5.15. The average molecular weight is 272 g/mol. The summed E-state index contributed by atoms with van der Waals surface area (Å²) in [4.78, 5) is 4.01. The molecular weight excluding hydrogens is 252 g/mol. The number of nitrogens with two attached hydrogens (primary N) is 1. The number of hydrogen-bond donors (Lipinski definition) is 1. The minimum atomic E-state index is 0.166. The third kappa shape index (κ3) is 2.53. The summed E-state index contributed by atoms with van der Waals surface area (Å²) in [5.74, 6) is 0. The fourth-order valence-corrected chi connectivity index (χ4v) is 3.53. The van der Waals surface area contributed by atoms with Crippen LogP contribution in [0.4, 0.5) is 5.69 Å². The molecule has 0 bridgehead atoms. The summed E-state index contributed by atoms with van der Waals surface area (Å²) in [5, 5.41) is 2.21. The first kappa shape index (κ1) is 12.7. The van der Waals surface area contributed by atoms with Gasteiger partial charge in [0.15, 0.2) is 0 Å². The van der Waals surface area contributed by atoms with Gasteiger partial charge in [-0.3, -0.25) is 0 Å². The molecule has 1 aliphatic rings. The van der Waals surface area contributed by atoms with Crippen LogP contribution < -0.4 is 10.6 Å². The minimum Gasteiger partial charge on any atom is -0.367 e. The van der Waals surface area contributed by atoms with Gasteiger partial charge >= 0.3 is 0 Å². The Hall–Kier alpha value is -1.32. The maximum Gasteiger partial charge on any atom is 0.0440 e. The molecule has 1 atom stereocenters. The van der Waals surface area contributed by atoms with Crippen LogP contribution in [0.2, 0.25) is 0 Å². The predicted molar refractivity (Wildman–Crippen MR) is 82.7 cm³/mol. The van der Waals surface area contributed by atoms with Crippen molar-refractivity contribution in [2.24, 2.45) is 5.73 Å². The van der Waals surface area contributed by atoms with E-state index >= 15 is 0 Å². The standard InChI is InChI=1S/C16H20N2S/c1-2-15(17)12-3-5-14(6-4-12)18-9-7-16-13(11-18)8-10-19-16/h3-6,8,10,15H,2,7,9,11,17H2,1H3/t15-/m0/s1. The summed E-state index contributed by atoms with van der Waals surface area (Å²) in [6, 6.07) is 11.2. The zero-order chi connectivity index (χ0) is 13.2. The number of thiophene rings is 1. The van der Waals surface area contributed by atoms with Gasteiger partial charge < -0.3 is 10.6 Å². The molecule has 0 radical (unpaired) electrons. The normalized spacial score (nSPS) is 16.2. The summed E-state index contributed by atoms with van der Waals surface area (Å²) in [7, 11) is 0. The molecular formula is C16H20N2S. The van der Waals surface area contributed by atoms with Crippen LogP contribution in [-0.2, 0) is 13.0 Å². The predicted octanol–water partition coefficient (Wildman–Crippen LogP) is 3.72. The minimum absolute atomic E-state index is 0.166. The lowest BCUT2D eigenvalue weighted by Gasteiger charge is -2.29. The van der Waals surface area contributed by atoms with E-state index < -0.39 is 0 Å². The van der Waals surface area contributed by atoms with Crippen molar-refractivity contribution in [1.82, 2.24) is 0 Å². The van der Waals surface area contributed by atoms with Crippen LogP contribution in [0.15, 0.2) is 35.7 Å². The highest BCUT2D eigenvalue weighted by atomic mass is 32.1. The van der Waals surface area contributed by atoms with Crippen LogP contribution in [0.3, 0.4) is 0 Å². The molecule has 0 aliphatic carbocycles. The van der Waals surface area contributed by atoms with Crippen LogP contribution in [0, 0.1) is 0 Å². The molecule has 19 heavy (non-hydrogen) atoms. The highest BCUT2D eigenvalue weighted by Gasteiger charge is 2.17. The second-order valence-corrected chi connectivity index (χ2v) is 6.15. The molecule has 0 unspecified atom stereocenters. The van der Waals surface area contributed by atoms with Crippen molar-refractivity contribution in [2.75, 3.05) is 11.4 Å². The van der Waals surface area contributed by atoms with Gasteiger partial charge in [-0.1, -0.05) is 19.1 Å². The van der Waals surface area contributed by atoms with Crippen molar-refractivity contribution in [2.45, 2.75) is 32.4 Å². The second kappa shape index (κ2) is 5.35. The van der Waals surface area contributed by atoms with Gasteiger partial charge in [-0.2, -0.15) is 0 Å². The number of rotatable bonds is 3. The Morgan fingerprint density at radius 2 is 2.05 bits per heavy atom. The number of nitrogens with zero attached hydrogens (tertiary/aromatic N) is 1. The summed E-state index contributed by atoms with van der Waals surface area (Å²) in [6.07, 6.45) is 2.16. The molecule has 2 aromatic rings. The molecule has 2 N–H and O–H groups in total. The first-order valence-corrected chi connectivity index (χ1v) is 7.81. The van der Waals surface area contributed by atoms with E-state index in [1.807, 2.05) is 11.3 Å². The van der Waals surface area contributed by atoms with E-state index in [9.17, 15) is 0 Å².